The molecule has 12 heavy (non-hydrogen) atoms. The Bertz CT molecular complexity index is 286. The van der Waals surface area contributed by atoms with Crippen LogP contribution in [0.4, 0.5) is 0 Å². The van der Waals surface area contributed by atoms with Crippen molar-refractivity contribution in [3.05, 3.63) is 42.7 Å². The molecule has 56 valence electrons. The predicted octanol–water partition coefficient (Wildman–Crippen LogP) is 2.72. The first kappa shape index (κ1) is 9.63. The van der Waals surface area contributed by atoms with E-state index in [0.717, 1.165) is 22.7 Å². The van der Waals surface area contributed by atoms with Crippen molar-refractivity contribution in [1.29, 1.82) is 0 Å². The fraction of sp³-hybridized carbons (Fsp3) is 0. The molecule has 1 heterocycles. The molecule has 1 aromatic carbocycles. The van der Waals surface area contributed by atoms with Gasteiger partial charge in [0.25, 0.3) is 0 Å². The van der Waals surface area contributed by atoms with E-state index in [9.17, 15) is 0 Å². The normalized spacial score (nSPS) is 8.92. The van der Waals surface area contributed by atoms with Gasteiger partial charge in [-0.3, -0.25) is 0 Å². The van der Waals surface area contributed by atoms with Gasteiger partial charge >= 0.3 is 27.0 Å². The summed E-state index contributed by atoms with van der Waals surface area (Å²) in [4.78, 5) is 3.89. The Kier molecular flexibility index (Phi) is 4.20. The predicted molar refractivity (Wildman–Crippen MR) is 46.4 cm³/mol. The number of halogens is 1. The smallest absolute Gasteiger partial charge is 0.0396 e. The minimum Gasteiger partial charge on any atom is -0.360 e. The van der Waals surface area contributed by atoms with Gasteiger partial charge in [-0.25, -0.2) is 0 Å². The van der Waals surface area contributed by atoms with E-state index in [1.807, 2.05) is 30.3 Å². The summed E-state index contributed by atoms with van der Waals surface area (Å²) in [6, 6.07) is 10.0. The van der Waals surface area contributed by atoms with Gasteiger partial charge in [-0.05, 0) is 6.20 Å². The zero-order valence-corrected chi connectivity index (χ0v) is 10.2. The van der Waals surface area contributed by atoms with Gasteiger partial charge in [0.1, 0.15) is 0 Å². The number of aromatic nitrogens is 1. The number of rotatable bonds is 0. The van der Waals surface area contributed by atoms with Crippen LogP contribution in [0.2, 0.25) is 0 Å². The first-order chi connectivity index (χ1) is 5.97. The molecule has 0 unspecified atom stereocenters. The van der Waals surface area contributed by atoms with Crippen LogP contribution in [0.5, 0.6) is 0 Å². The molecule has 0 atom stereocenters. The quantitative estimate of drug-likeness (QED) is 0.499. The van der Waals surface area contributed by atoms with Crippen LogP contribution in [0, 0.1) is 6.20 Å². The van der Waals surface area contributed by atoms with Crippen molar-refractivity contribution in [3.63, 3.8) is 0 Å². The molecule has 0 amide bonds. The number of pyridine rings is 1. The van der Waals surface area contributed by atoms with E-state index in [0.29, 0.717) is 0 Å². The molecule has 0 spiro atoms. The SMILES string of the molecule is [Cl][Zn+].[c-]1nccc2ccccc12. The molecule has 0 saturated heterocycles. The van der Waals surface area contributed by atoms with Gasteiger partial charge in [0.15, 0.2) is 0 Å². The van der Waals surface area contributed by atoms with E-state index in [4.69, 9.17) is 9.69 Å². The monoisotopic (exact) mass is 227 g/mol. The molecule has 2 rings (SSSR count). The van der Waals surface area contributed by atoms with E-state index >= 15 is 0 Å². The van der Waals surface area contributed by atoms with Crippen LogP contribution in [0.1, 0.15) is 0 Å². The van der Waals surface area contributed by atoms with Crippen LogP contribution in [0.25, 0.3) is 10.8 Å². The average molecular weight is 229 g/mol. The standard InChI is InChI=1S/C9H6N.ClH.Zn/c1-2-4-9-7-10-6-5-8(9)3-1;;/h1-6H;1H;/q-1;;+2/p-1. The molecule has 0 aliphatic carbocycles. The summed E-state index contributed by atoms with van der Waals surface area (Å²) in [5.41, 5.74) is 0. The number of hydrogen-bond donors (Lipinski definition) is 0. The third-order valence-corrected chi connectivity index (χ3v) is 1.47. The van der Waals surface area contributed by atoms with Crippen molar-refractivity contribution in [2.24, 2.45) is 0 Å². The number of nitrogens with zero attached hydrogens (tertiary/aromatic N) is 1. The molecule has 0 radical (unpaired) electrons. The molecule has 2 aromatic rings. The zero-order valence-electron chi connectivity index (χ0n) is 6.50. The largest absolute Gasteiger partial charge is 0.360 e. The minimum atomic E-state index is 0.847. The molecular formula is C9H6ClNZn. The maximum Gasteiger partial charge on any atom is -0.0396 e. The van der Waals surface area contributed by atoms with Crippen molar-refractivity contribution in [1.82, 2.24) is 4.98 Å². The van der Waals surface area contributed by atoms with Gasteiger partial charge in [-0.15, -0.1) is 29.0 Å². The third kappa shape index (κ3) is 2.26. The van der Waals surface area contributed by atoms with E-state index in [-0.39, 0.29) is 0 Å². The fourth-order valence-electron chi connectivity index (χ4n) is 0.969. The van der Waals surface area contributed by atoms with Crippen molar-refractivity contribution >= 4 is 20.5 Å². The minimum absolute atomic E-state index is 0.847. The Balaban J connectivity index is 0.000000336. The summed E-state index contributed by atoms with van der Waals surface area (Å²) < 4.78 is 0. The summed E-state index contributed by atoms with van der Waals surface area (Å²) in [5, 5.41) is 2.27. The molecule has 0 bridgehead atoms. The zero-order chi connectivity index (χ0) is 8.81. The second-order valence-electron chi connectivity index (χ2n) is 2.14. The van der Waals surface area contributed by atoms with E-state index < -0.39 is 0 Å². The molecule has 3 heteroatoms. The van der Waals surface area contributed by atoms with Gasteiger partial charge in [0, 0.05) is 0 Å². The third-order valence-electron chi connectivity index (χ3n) is 1.47. The van der Waals surface area contributed by atoms with Crippen molar-refractivity contribution in [3.8, 4) is 0 Å². The van der Waals surface area contributed by atoms with Crippen molar-refractivity contribution in [2.45, 2.75) is 0 Å². The van der Waals surface area contributed by atoms with Gasteiger partial charge in [0.2, 0.25) is 0 Å². The van der Waals surface area contributed by atoms with Crippen LogP contribution >= 0.6 is 9.69 Å². The van der Waals surface area contributed by atoms with Gasteiger partial charge in [-0.2, -0.15) is 0 Å². The summed E-state index contributed by atoms with van der Waals surface area (Å²) in [5.74, 6) is 0. The summed E-state index contributed by atoms with van der Waals surface area (Å²) in [6.07, 6.45) is 4.65. The van der Waals surface area contributed by atoms with Crippen LogP contribution in [-0.4, -0.2) is 4.98 Å². The van der Waals surface area contributed by atoms with Crippen LogP contribution in [-0.2, 0) is 17.3 Å². The topological polar surface area (TPSA) is 12.9 Å². The fourth-order valence-corrected chi connectivity index (χ4v) is 0.969. The molecule has 0 aliphatic rings. The van der Waals surface area contributed by atoms with Crippen molar-refractivity contribution < 1.29 is 17.3 Å². The Hall–Kier alpha value is -0.457. The first-order valence-corrected chi connectivity index (χ1v) is 7.35. The van der Waals surface area contributed by atoms with Crippen LogP contribution < -0.4 is 0 Å². The second kappa shape index (κ2) is 5.24. The Morgan fingerprint density at radius 2 is 1.92 bits per heavy atom. The summed E-state index contributed by atoms with van der Waals surface area (Å²) >= 11 is 0.847. The second-order valence-corrected chi connectivity index (χ2v) is 2.14. The Morgan fingerprint density at radius 1 is 1.17 bits per heavy atom. The number of benzene rings is 1. The molecule has 0 fully saturated rings. The van der Waals surface area contributed by atoms with Gasteiger partial charge < -0.3 is 4.98 Å². The Labute approximate surface area is 85.5 Å². The summed E-state index contributed by atoms with van der Waals surface area (Å²) in [6.45, 7) is 0. The van der Waals surface area contributed by atoms with E-state index in [2.05, 4.69) is 11.2 Å². The van der Waals surface area contributed by atoms with E-state index in [1.165, 1.54) is 5.39 Å². The summed E-state index contributed by atoms with van der Waals surface area (Å²) in [7, 11) is 4.76. The number of fused-ring (bicyclic) bond motifs is 1. The molecule has 1 aromatic heterocycles. The van der Waals surface area contributed by atoms with Crippen molar-refractivity contribution in [2.75, 3.05) is 0 Å². The maximum absolute atomic E-state index is 4.76. The molecule has 1 nitrogen and oxygen atoms in total. The molecule has 0 N–H and O–H groups in total. The molecule has 0 saturated carbocycles. The van der Waals surface area contributed by atoms with Crippen LogP contribution in [0.15, 0.2) is 36.5 Å². The first-order valence-electron chi connectivity index (χ1n) is 3.45. The Morgan fingerprint density at radius 3 is 2.67 bits per heavy atom. The average Bonchev–Trinajstić information content (AvgIpc) is 2.21. The number of hydrogen-bond acceptors (Lipinski definition) is 1. The maximum atomic E-state index is 4.76. The molecular weight excluding hydrogens is 223 g/mol. The van der Waals surface area contributed by atoms with Gasteiger partial charge in [-0.1, -0.05) is 18.3 Å². The van der Waals surface area contributed by atoms with Crippen LogP contribution in [0.3, 0.4) is 0 Å². The molecule has 0 aliphatic heterocycles. The van der Waals surface area contributed by atoms with Gasteiger partial charge in [0.05, 0.1) is 0 Å². The van der Waals surface area contributed by atoms with E-state index in [1.54, 1.807) is 6.20 Å².